The van der Waals surface area contributed by atoms with E-state index < -0.39 is 5.60 Å². The lowest BCUT2D eigenvalue weighted by Gasteiger charge is -2.24. The number of hydrogen-bond donors (Lipinski definition) is 0. The number of carbonyl (C=O) groups is 1. The van der Waals surface area contributed by atoms with Gasteiger partial charge in [0.1, 0.15) is 5.60 Å². The molecule has 3 heteroatoms. The van der Waals surface area contributed by atoms with E-state index in [0.29, 0.717) is 0 Å². The molecular formula is C18H25BrO2. The van der Waals surface area contributed by atoms with Crippen LogP contribution in [0.4, 0.5) is 0 Å². The predicted molar refractivity (Wildman–Crippen MR) is 91.4 cm³/mol. The van der Waals surface area contributed by atoms with Gasteiger partial charge in [-0.3, -0.25) is 4.79 Å². The molecule has 116 valence electrons. The molecule has 2 rings (SSSR count). The summed E-state index contributed by atoms with van der Waals surface area (Å²) in [5.74, 6) is -0.0904. The summed E-state index contributed by atoms with van der Waals surface area (Å²) in [5.41, 5.74) is 1.44. The van der Waals surface area contributed by atoms with Gasteiger partial charge in [0.25, 0.3) is 0 Å². The van der Waals surface area contributed by atoms with Crippen molar-refractivity contribution < 1.29 is 9.53 Å². The highest BCUT2D eigenvalue weighted by molar-refractivity contribution is 9.10. The molecule has 0 radical (unpaired) electrons. The maximum atomic E-state index is 12.2. The van der Waals surface area contributed by atoms with Crippen LogP contribution in [0.3, 0.4) is 0 Å². The lowest BCUT2D eigenvalue weighted by atomic mass is 9.96. The predicted octanol–water partition coefficient (Wildman–Crippen LogP) is 5.40. The molecule has 0 atom stereocenters. The highest BCUT2D eigenvalue weighted by Crippen LogP contribution is 2.49. The van der Waals surface area contributed by atoms with Crippen LogP contribution in [-0.2, 0) is 14.9 Å². The van der Waals surface area contributed by atoms with Crippen molar-refractivity contribution in [3.05, 3.63) is 46.5 Å². The van der Waals surface area contributed by atoms with E-state index in [1.165, 1.54) is 5.57 Å². The molecule has 1 fully saturated rings. The number of benzene rings is 1. The van der Waals surface area contributed by atoms with E-state index in [1.807, 2.05) is 58.9 Å². The fourth-order valence-corrected chi connectivity index (χ4v) is 2.14. The van der Waals surface area contributed by atoms with Crippen molar-refractivity contribution in [1.29, 1.82) is 0 Å². The standard InChI is InChI=1S/C14H17BrO2.C4H8/c1-13(2,3)17-12(16)14(8-9-14)10-4-6-11(15)7-5-10;1-4(2)3/h4-7H,8-9H2,1-3H3;1H2,2-3H3. The number of halogens is 1. The summed E-state index contributed by atoms with van der Waals surface area (Å²) in [4.78, 5) is 12.2. The molecule has 0 unspecified atom stereocenters. The Bertz CT molecular complexity index is 501. The Labute approximate surface area is 136 Å². The molecule has 0 heterocycles. The fourth-order valence-electron chi connectivity index (χ4n) is 1.88. The van der Waals surface area contributed by atoms with Crippen molar-refractivity contribution in [2.24, 2.45) is 0 Å². The molecule has 1 aliphatic carbocycles. The van der Waals surface area contributed by atoms with E-state index in [1.54, 1.807) is 0 Å². The normalized spacial score (nSPS) is 15.5. The Morgan fingerprint density at radius 1 is 1.19 bits per heavy atom. The van der Waals surface area contributed by atoms with Crippen molar-refractivity contribution in [3.63, 3.8) is 0 Å². The van der Waals surface area contributed by atoms with Crippen LogP contribution in [-0.4, -0.2) is 11.6 Å². The van der Waals surface area contributed by atoms with E-state index in [2.05, 4.69) is 22.5 Å². The Hall–Kier alpha value is -1.09. The third-order valence-electron chi connectivity index (χ3n) is 2.94. The van der Waals surface area contributed by atoms with Crippen molar-refractivity contribution in [3.8, 4) is 0 Å². The molecule has 0 saturated heterocycles. The second-order valence-electron chi connectivity index (χ2n) is 6.80. The summed E-state index contributed by atoms with van der Waals surface area (Å²) in [6.07, 6.45) is 1.78. The minimum Gasteiger partial charge on any atom is -0.459 e. The van der Waals surface area contributed by atoms with E-state index in [4.69, 9.17) is 4.74 Å². The number of ether oxygens (including phenoxy) is 1. The largest absolute Gasteiger partial charge is 0.459 e. The minimum absolute atomic E-state index is 0.0904. The van der Waals surface area contributed by atoms with Gasteiger partial charge in [-0.1, -0.05) is 33.6 Å². The minimum atomic E-state index is -0.415. The van der Waals surface area contributed by atoms with Gasteiger partial charge < -0.3 is 4.74 Å². The van der Waals surface area contributed by atoms with Crippen LogP contribution in [0.15, 0.2) is 40.9 Å². The molecule has 1 aromatic rings. The van der Waals surface area contributed by atoms with E-state index in [0.717, 1.165) is 22.9 Å². The van der Waals surface area contributed by atoms with Crippen LogP contribution < -0.4 is 0 Å². The average Bonchev–Trinajstić information content (AvgIpc) is 3.08. The maximum absolute atomic E-state index is 12.2. The summed E-state index contributed by atoms with van der Waals surface area (Å²) >= 11 is 3.40. The Morgan fingerprint density at radius 3 is 1.95 bits per heavy atom. The second kappa shape index (κ2) is 6.78. The van der Waals surface area contributed by atoms with Gasteiger partial charge in [-0.2, -0.15) is 0 Å². The molecule has 0 aliphatic heterocycles. The molecule has 2 nitrogen and oxygen atoms in total. The number of allylic oxidation sites excluding steroid dienone is 1. The zero-order valence-electron chi connectivity index (χ0n) is 13.6. The zero-order valence-corrected chi connectivity index (χ0v) is 15.2. The van der Waals surface area contributed by atoms with Crippen LogP contribution in [0.25, 0.3) is 0 Å². The first kappa shape index (κ1) is 18.0. The summed E-state index contributed by atoms with van der Waals surface area (Å²) < 4.78 is 6.53. The Balaban J connectivity index is 0.000000491. The number of hydrogen-bond acceptors (Lipinski definition) is 2. The summed E-state index contributed by atoms with van der Waals surface area (Å²) in [6, 6.07) is 7.95. The van der Waals surface area contributed by atoms with Crippen molar-refractivity contribution in [2.45, 2.75) is 58.5 Å². The van der Waals surface area contributed by atoms with Gasteiger partial charge in [0.2, 0.25) is 0 Å². The quantitative estimate of drug-likeness (QED) is 0.525. The summed E-state index contributed by atoms with van der Waals surface area (Å²) in [5, 5.41) is 0. The van der Waals surface area contributed by atoms with Crippen LogP contribution in [0.2, 0.25) is 0 Å². The molecule has 1 saturated carbocycles. The van der Waals surface area contributed by atoms with Gasteiger partial charge in [0.05, 0.1) is 5.41 Å². The number of rotatable bonds is 2. The van der Waals surface area contributed by atoms with Crippen LogP contribution in [0, 0.1) is 0 Å². The van der Waals surface area contributed by atoms with Gasteiger partial charge >= 0.3 is 5.97 Å². The van der Waals surface area contributed by atoms with E-state index in [-0.39, 0.29) is 11.4 Å². The monoisotopic (exact) mass is 352 g/mol. The fraction of sp³-hybridized carbons (Fsp3) is 0.500. The third-order valence-corrected chi connectivity index (χ3v) is 3.47. The molecule has 0 bridgehead atoms. The van der Waals surface area contributed by atoms with Crippen molar-refractivity contribution in [1.82, 2.24) is 0 Å². The molecule has 0 amide bonds. The first-order valence-corrected chi connectivity index (χ1v) is 7.98. The summed E-state index contributed by atoms with van der Waals surface area (Å²) in [6.45, 7) is 13.2. The molecule has 21 heavy (non-hydrogen) atoms. The molecule has 1 aromatic carbocycles. The lowest BCUT2D eigenvalue weighted by Crippen LogP contribution is -2.31. The molecule has 0 spiro atoms. The topological polar surface area (TPSA) is 26.3 Å². The van der Waals surface area contributed by atoms with E-state index in [9.17, 15) is 4.79 Å². The van der Waals surface area contributed by atoms with Crippen LogP contribution >= 0.6 is 15.9 Å². The van der Waals surface area contributed by atoms with Crippen LogP contribution in [0.5, 0.6) is 0 Å². The SMILES string of the molecule is C=C(C)C.CC(C)(C)OC(=O)C1(c2ccc(Br)cc2)CC1. The Morgan fingerprint density at radius 2 is 1.62 bits per heavy atom. The van der Waals surface area contributed by atoms with Crippen molar-refractivity contribution >= 4 is 21.9 Å². The van der Waals surface area contributed by atoms with Gasteiger partial charge in [0.15, 0.2) is 0 Å². The Kier molecular flexibility index (Phi) is 5.80. The first-order valence-electron chi connectivity index (χ1n) is 7.18. The summed E-state index contributed by atoms with van der Waals surface area (Å²) in [7, 11) is 0. The third kappa shape index (κ3) is 5.66. The second-order valence-corrected chi connectivity index (χ2v) is 7.71. The lowest BCUT2D eigenvalue weighted by molar-refractivity contribution is -0.158. The maximum Gasteiger partial charge on any atom is 0.317 e. The van der Waals surface area contributed by atoms with Gasteiger partial charge in [-0.15, -0.1) is 6.58 Å². The van der Waals surface area contributed by atoms with Gasteiger partial charge in [-0.05, 0) is 65.2 Å². The highest BCUT2D eigenvalue weighted by atomic mass is 79.9. The van der Waals surface area contributed by atoms with E-state index >= 15 is 0 Å². The molecule has 0 aromatic heterocycles. The highest BCUT2D eigenvalue weighted by Gasteiger charge is 2.53. The average molecular weight is 353 g/mol. The smallest absolute Gasteiger partial charge is 0.317 e. The molecular weight excluding hydrogens is 328 g/mol. The van der Waals surface area contributed by atoms with Gasteiger partial charge in [-0.25, -0.2) is 0 Å². The molecule has 1 aliphatic rings. The van der Waals surface area contributed by atoms with Crippen LogP contribution in [0.1, 0.15) is 53.0 Å². The number of carbonyl (C=O) groups excluding carboxylic acids is 1. The van der Waals surface area contributed by atoms with Crippen molar-refractivity contribution in [2.75, 3.05) is 0 Å². The first-order chi connectivity index (χ1) is 9.57. The van der Waals surface area contributed by atoms with Gasteiger partial charge in [0, 0.05) is 4.47 Å². The molecule has 0 N–H and O–H groups in total. The number of esters is 1. The zero-order chi connectivity index (χ0) is 16.3.